The minimum absolute atomic E-state index is 0.357. The summed E-state index contributed by atoms with van der Waals surface area (Å²) in [5.41, 5.74) is 5.00. The molecule has 1 heterocycles. The SMILES string of the molecule is CC1CCCCN1CC=CC(N)=O. The third kappa shape index (κ3) is 3.59. The molecule has 3 nitrogen and oxygen atoms in total. The van der Waals surface area contributed by atoms with Crippen molar-refractivity contribution in [1.82, 2.24) is 4.90 Å². The van der Waals surface area contributed by atoms with Crippen molar-refractivity contribution >= 4 is 5.91 Å². The Bertz CT molecular complexity index is 201. The predicted molar refractivity (Wildman–Crippen MR) is 53.2 cm³/mol. The summed E-state index contributed by atoms with van der Waals surface area (Å²) in [7, 11) is 0. The van der Waals surface area contributed by atoms with E-state index in [-0.39, 0.29) is 5.91 Å². The zero-order valence-corrected chi connectivity index (χ0v) is 8.20. The molecule has 1 atom stereocenters. The molecule has 13 heavy (non-hydrogen) atoms. The number of carbonyl (C=O) groups excluding carboxylic acids is 1. The van der Waals surface area contributed by atoms with E-state index in [1.807, 2.05) is 6.08 Å². The minimum atomic E-state index is -0.357. The van der Waals surface area contributed by atoms with E-state index in [4.69, 9.17) is 5.73 Å². The highest BCUT2D eigenvalue weighted by Gasteiger charge is 2.16. The van der Waals surface area contributed by atoms with Gasteiger partial charge in [-0.1, -0.05) is 12.5 Å². The summed E-state index contributed by atoms with van der Waals surface area (Å²) in [6.45, 7) is 4.23. The molecule has 2 N–H and O–H groups in total. The molecular formula is C10H18N2O. The van der Waals surface area contributed by atoms with Crippen molar-refractivity contribution < 1.29 is 4.79 Å². The van der Waals surface area contributed by atoms with Gasteiger partial charge in [0.15, 0.2) is 0 Å². The van der Waals surface area contributed by atoms with Crippen molar-refractivity contribution in [3.63, 3.8) is 0 Å². The second-order valence-corrected chi connectivity index (χ2v) is 3.64. The number of rotatable bonds is 3. The number of primary amides is 1. The van der Waals surface area contributed by atoms with Gasteiger partial charge in [-0.15, -0.1) is 0 Å². The number of hydrogen-bond donors (Lipinski definition) is 1. The van der Waals surface area contributed by atoms with Crippen LogP contribution in [0.1, 0.15) is 26.2 Å². The number of carbonyl (C=O) groups is 1. The van der Waals surface area contributed by atoms with Crippen molar-refractivity contribution in [3.05, 3.63) is 12.2 Å². The molecule has 0 aliphatic carbocycles. The first kappa shape index (κ1) is 10.3. The molecule has 74 valence electrons. The quantitative estimate of drug-likeness (QED) is 0.659. The monoisotopic (exact) mass is 182 g/mol. The standard InChI is InChI=1S/C10H18N2O/c1-9-5-2-3-7-12(9)8-4-6-10(11)13/h4,6,9H,2-3,5,7-8H2,1H3,(H2,11,13). The maximum atomic E-state index is 10.4. The van der Waals surface area contributed by atoms with E-state index >= 15 is 0 Å². The van der Waals surface area contributed by atoms with Crippen LogP contribution >= 0.6 is 0 Å². The molecule has 0 aromatic rings. The van der Waals surface area contributed by atoms with Crippen molar-refractivity contribution in [2.75, 3.05) is 13.1 Å². The Morgan fingerprint density at radius 2 is 2.38 bits per heavy atom. The molecule has 1 aliphatic heterocycles. The highest BCUT2D eigenvalue weighted by molar-refractivity contribution is 5.85. The van der Waals surface area contributed by atoms with Gasteiger partial charge in [0.1, 0.15) is 0 Å². The van der Waals surface area contributed by atoms with E-state index < -0.39 is 0 Å². The Kier molecular flexibility index (Phi) is 3.96. The molecule has 0 bridgehead atoms. The van der Waals surface area contributed by atoms with Gasteiger partial charge in [0, 0.05) is 12.6 Å². The van der Waals surface area contributed by atoms with Crippen LogP contribution in [0, 0.1) is 0 Å². The lowest BCUT2D eigenvalue weighted by Gasteiger charge is -2.32. The molecule has 0 spiro atoms. The van der Waals surface area contributed by atoms with Crippen LogP contribution in [0.25, 0.3) is 0 Å². The summed E-state index contributed by atoms with van der Waals surface area (Å²) >= 11 is 0. The van der Waals surface area contributed by atoms with Gasteiger partial charge in [-0.05, 0) is 32.4 Å². The third-order valence-corrected chi connectivity index (χ3v) is 2.56. The van der Waals surface area contributed by atoms with Crippen LogP contribution in [0.4, 0.5) is 0 Å². The zero-order chi connectivity index (χ0) is 9.68. The molecule has 0 saturated carbocycles. The van der Waals surface area contributed by atoms with E-state index in [0.29, 0.717) is 6.04 Å². The lowest BCUT2D eigenvalue weighted by molar-refractivity contribution is -0.113. The molecule has 0 aromatic heterocycles. The topological polar surface area (TPSA) is 46.3 Å². The largest absolute Gasteiger partial charge is 0.366 e. The second-order valence-electron chi connectivity index (χ2n) is 3.64. The summed E-state index contributed by atoms with van der Waals surface area (Å²) in [5.74, 6) is -0.357. The van der Waals surface area contributed by atoms with E-state index in [0.717, 1.165) is 13.1 Å². The summed E-state index contributed by atoms with van der Waals surface area (Å²) in [5, 5.41) is 0. The first-order valence-corrected chi connectivity index (χ1v) is 4.90. The van der Waals surface area contributed by atoms with E-state index in [2.05, 4.69) is 11.8 Å². The molecule has 0 radical (unpaired) electrons. The number of likely N-dealkylation sites (tertiary alicyclic amines) is 1. The van der Waals surface area contributed by atoms with Gasteiger partial charge in [0.2, 0.25) is 5.91 Å². The van der Waals surface area contributed by atoms with Gasteiger partial charge in [-0.3, -0.25) is 9.69 Å². The van der Waals surface area contributed by atoms with Crippen molar-refractivity contribution in [2.24, 2.45) is 5.73 Å². The number of amides is 1. The fraction of sp³-hybridized carbons (Fsp3) is 0.700. The van der Waals surface area contributed by atoms with E-state index in [9.17, 15) is 4.79 Å². The van der Waals surface area contributed by atoms with Crippen LogP contribution in [-0.4, -0.2) is 29.9 Å². The molecule has 1 fully saturated rings. The molecule has 3 heteroatoms. The fourth-order valence-corrected chi connectivity index (χ4v) is 1.73. The highest BCUT2D eigenvalue weighted by atomic mass is 16.1. The van der Waals surface area contributed by atoms with Gasteiger partial charge in [0.25, 0.3) is 0 Å². The first-order valence-electron chi connectivity index (χ1n) is 4.90. The number of nitrogens with two attached hydrogens (primary N) is 1. The minimum Gasteiger partial charge on any atom is -0.366 e. The zero-order valence-electron chi connectivity index (χ0n) is 8.20. The molecule has 1 saturated heterocycles. The van der Waals surface area contributed by atoms with Gasteiger partial charge in [-0.25, -0.2) is 0 Å². The molecular weight excluding hydrogens is 164 g/mol. The Balaban J connectivity index is 2.30. The molecule has 1 amide bonds. The summed E-state index contributed by atoms with van der Waals surface area (Å²) in [6.07, 6.45) is 7.17. The average molecular weight is 182 g/mol. The van der Waals surface area contributed by atoms with E-state index in [1.165, 1.54) is 25.3 Å². The molecule has 1 rings (SSSR count). The van der Waals surface area contributed by atoms with Crippen LogP contribution < -0.4 is 5.73 Å². The lowest BCUT2D eigenvalue weighted by Crippen LogP contribution is -2.37. The molecule has 1 aliphatic rings. The van der Waals surface area contributed by atoms with Crippen LogP contribution in [0.2, 0.25) is 0 Å². The van der Waals surface area contributed by atoms with Crippen LogP contribution in [0.15, 0.2) is 12.2 Å². The maximum Gasteiger partial charge on any atom is 0.241 e. The molecule has 1 unspecified atom stereocenters. The summed E-state index contributed by atoms with van der Waals surface area (Å²) in [6, 6.07) is 0.645. The van der Waals surface area contributed by atoms with Gasteiger partial charge >= 0.3 is 0 Å². The van der Waals surface area contributed by atoms with Crippen LogP contribution in [-0.2, 0) is 4.79 Å². The Hall–Kier alpha value is -0.830. The maximum absolute atomic E-state index is 10.4. The van der Waals surface area contributed by atoms with Gasteiger partial charge in [-0.2, -0.15) is 0 Å². The summed E-state index contributed by atoms with van der Waals surface area (Å²) in [4.78, 5) is 12.8. The predicted octanol–water partition coefficient (Wildman–Crippen LogP) is 0.902. The van der Waals surface area contributed by atoms with Crippen molar-refractivity contribution in [2.45, 2.75) is 32.2 Å². The smallest absolute Gasteiger partial charge is 0.241 e. The lowest BCUT2D eigenvalue weighted by atomic mass is 10.0. The molecule has 0 aromatic carbocycles. The van der Waals surface area contributed by atoms with E-state index in [1.54, 1.807) is 0 Å². The van der Waals surface area contributed by atoms with Crippen LogP contribution in [0.5, 0.6) is 0 Å². The third-order valence-electron chi connectivity index (χ3n) is 2.56. The Morgan fingerprint density at radius 1 is 1.62 bits per heavy atom. The Morgan fingerprint density at radius 3 is 3.00 bits per heavy atom. The van der Waals surface area contributed by atoms with Crippen LogP contribution in [0.3, 0.4) is 0 Å². The number of piperidine rings is 1. The average Bonchev–Trinajstić information content (AvgIpc) is 2.08. The van der Waals surface area contributed by atoms with Gasteiger partial charge < -0.3 is 5.73 Å². The van der Waals surface area contributed by atoms with Gasteiger partial charge in [0.05, 0.1) is 0 Å². The first-order chi connectivity index (χ1) is 6.20. The summed E-state index contributed by atoms with van der Waals surface area (Å²) < 4.78 is 0. The van der Waals surface area contributed by atoms with Crippen molar-refractivity contribution in [1.29, 1.82) is 0 Å². The Labute approximate surface area is 79.6 Å². The second kappa shape index (κ2) is 5.02. The fourth-order valence-electron chi connectivity index (χ4n) is 1.73. The normalized spacial score (nSPS) is 25.2. The number of nitrogens with zero attached hydrogens (tertiary/aromatic N) is 1. The number of hydrogen-bond acceptors (Lipinski definition) is 2. The van der Waals surface area contributed by atoms with Crippen molar-refractivity contribution in [3.8, 4) is 0 Å². The highest BCUT2D eigenvalue weighted by Crippen LogP contribution is 2.15.